The molecule has 164 valence electrons. The zero-order valence-corrected chi connectivity index (χ0v) is 18.9. The molecule has 2 nitrogen and oxygen atoms in total. The summed E-state index contributed by atoms with van der Waals surface area (Å²) in [4.78, 5) is 10.9. The van der Waals surface area contributed by atoms with Crippen molar-refractivity contribution >= 4 is 5.97 Å². The molecule has 0 aromatic carbocycles. The van der Waals surface area contributed by atoms with Crippen LogP contribution in [0, 0.1) is 5.92 Å². The first kappa shape index (κ1) is 25.2. The van der Waals surface area contributed by atoms with Crippen molar-refractivity contribution in [1.29, 1.82) is 0 Å². The second-order valence-electron chi connectivity index (χ2n) is 8.90. The van der Waals surface area contributed by atoms with Gasteiger partial charge in [-0.2, -0.15) is 0 Å². The predicted octanol–water partition coefficient (Wildman–Crippen LogP) is 8.54. The molecular formula is C26H48O2. The van der Waals surface area contributed by atoms with E-state index >= 15 is 0 Å². The number of unbranched alkanes of at least 4 members (excludes halogenated alkanes) is 18. The second-order valence-corrected chi connectivity index (χ2v) is 8.90. The monoisotopic (exact) mass is 392 g/mol. The molecule has 0 amide bonds. The van der Waals surface area contributed by atoms with Gasteiger partial charge >= 0.3 is 5.97 Å². The van der Waals surface area contributed by atoms with Gasteiger partial charge in [0.25, 0.3) is 0 Å². The molecule has 0 saturated carbocycles. The molecule has 1 heterocycles. The quantitative estimate of drug-likeness (QED) is 0.153. The molecular weight excluding hydrogens is 344 g/mol. The van der Waals surface area contributed by atoms with Crippen LogP contribution in [0.15, 0.2) is 12.2 Å². The van der Waals surface area contributed by atoms with E-state index < -0.39 is 0 Å². The Kier molecular flexibility index (Phi) is 17.6. The maximum Gasteiger partial charge on any atom is 0.330 e. The number of cyclic esters (lactones) is 1. The third kappa shape index (κ3) is 16.2. The van der Waals surface area contributed by atoms with Crippen LogP contribution in [0.5, 0.6) is 0 Å². The first-order valence-electron chi connectivity index (χ1n) is 12.7. The van der Waals surface area contributed by atoms with E-state index in [9.17, 15) is 4.79 Å². The van der Waals surface area contributed by atoms with Gasteiger partial charge in [0.15, 0.2) is 0 Å². The molecule has 0 spiro atoms. The van der Waals surface area contributed by atoms with Gasteiger partial charge in [0.2, 0.25) is 0 Å². The summed E-state index contributed by atoms with van der Waals surface area (Å²) in [6.07, 6.45) is 31.8. The minimum absolute atomic E-state index is 0.176. The smallest absolute Gasteiger partial charge is 0.330 e. The Morgan fingerprint density at radius 2 is 1.07 bits per heavy atom. The second kappa shape index (κ2) is 19.5. The fraction of sp³-hybridized carbons (Fsp3) is 0.885. The first-order valence-corrected chi connectivity index (χ1v) is 12.7. The van der Waals surface area contributed by atoms with Gasteiger partial charge in [0.1, 0.15) is 0 Å². The Balaban J connectivity index is 1.68. The lowest BCUT2D eigenvalue weighted by Crippen LogP contribution is -2.16. The van der Waals surface area contributed by atoms with Crippen LogP contribution in [-0.4, -0.2) is 12.6 Å². The summed E-state index contributed by atoms with van der Waals surface area (Å²) >= 11 is 0. The normalized spacial score (nSPS) is 16.5. The van der Waals surface area contributed by atoms with Crippen molar-refractivity contribution in [3.63, 3.8) is 0 Å². The Hall–Kier alpha value is -0.790. The van der Waals surface area contributed by atoms with E-state index in [0.29, 0.717) is 12.5 Å². The maximum atomic E-state index is 10.9. The van der Waals surface area contributed by atoms with Crippen molar-refractivity contribution in [2.24, 2.45) is 5.92 Å². The van der Waals surface area contributed by atoms with E-state index in [1.165, 1.54) is 128 Å². The average Bonchev–Trinajstić information content (AvgIpc) is 2.71. The summed E-state index contributed by atoms with van der Waals surface area (Å²) in [6.45, 7) is 2.88. The third-order valence-corrected chi connectivity index (χ3v) is 6.12. The summed E-state index contributed by atoms with van der Waals surface area (Å²) in [6, 6.07) is 0. The molecule has 0 radical (unpaired) electrons. The number of rotatable bonds is 20. The summed E-state index contributed by atoms with van der Waals surface area (Å²) in [7, 11) is 0. The van der Waals surface area contributed by atoms with Crippen LogP contribution < -0.4 is 0 Å². The number of esters is 1. The van der Waals surface area contributed by atoms with Gasteiger partial charge in [0.05, 0.1) is 6.61 Å². The predicted molar refractivity (Wildman–Crippen MR) is 122 cm³/mol. The van der Waals surface area contributed by atoms with Crippen molar-refractivity contribution in [1.82, 2.24) is 0 Å². The largest absolute Gasteiger partial charge is 0.462 e. The van der Waals surface area contributed by atoms with Gasteiger partial charge in [-0.05, 0) is 6.42 Å². The van der Waals surface area contributed by atoms with Crippen LogP contribution in [-0.2, 0) is 9.53 Å². The van der Waals surface area contributed by atoms with Gasteiger partial charge in [-0.15, -0.1) is 0 Å². The van der Waals surface area contributed by atoms with Crippen molar-refractivity contribution < 1.29 is 9.53 Å². The summed E-state index contributed by atoms with van der Waals surface area (Å²) < 4.78 is 5.06. The molecule has 1 rings (SSSR count). The Labute approximate surface area is 175 Å². The van der Waals surface area contributed by atoms with E-state index in [4.69, 9.17) is 4.74 Å². The standard InChI is InChI=1S/C26H48O2/c1-2-3-4-5-6-7-8-9-10-11-12-13-14-15-16-17-18-19-20-21-25-22-23-26(27)28-24-25/h22-23,25H,2-21,24H2,1H3. The molecule has 0 bridgehead atoms. The van der Waals surface area contributed by atoms with Gasteiger partial charge in [-0.25, -0.2) is 4.79 Å². The molecule has 28 heavy (non-hydrogen) atoms. The van der Waals surface area contributed by atoms with Gasteiger partial charge in [-0.1, -0.05) is 135 Å². The lowest BCUT2D eigenvalue weighted by molar-refractivity contribution is -0.139. The van der Waals surface area contributed by atoms with Crippen molar-refractivity contribution in [2.75, 3.05) is 6.61 Å². The molecule has 1 aliphatic rings. The number of hydrogen-bond acceptors (Lipinski definition) is 2. The van der Waals surface area contributed by atoms with E-state index in [-0.39, 0.29) is 5.97 Å². The van der Waals surface area contributed by atoms with Crippen LogP contribution in [0.2, 0.25) is 0 Å². The molecule has 1 aliphatic heterocycles. The molecule has 0 saturated heterocycles. The molecule has 0 aliphatic carbocycles. The van der Waals surface area contributed by atoms with E-state index in [1.54, 1.807) is 6.08 Å². The number of ether oxygens (including phenoxy) is 1. The Bertz CT molecular complexity index is 375. The topological polar surface area (TPSA) is 26.3 Å². The molecule has 1 atom stereocenters. The first-order chi connectivity index (χ1) is 13.8. The molecule has 2 heteroatoms. The number of carbonyl (C=O) groups excluding carboxylic acids is 1. The van der Waals surface area contributed by atoms with Crippen molar-refractivity contribution in [2.45, 2.75) is 135 Å². The summed E-state index contributed by atoms with van der Waals surface area (Å²) in [5.74, 6) is 0.285. The lowest BCUT2D eigenvalue weighted by Gasteiger charge is -2.16. The summed E-state index contributed by atoms with van der Waals surface area (Å²) in [5, 5.41) is 0. The fourth-order valence-corrected chi connectivity index (χ4v) is 4.17. The number of carbonyl (C=O) groups is 1. The van der Waals surface area contributed by atoms with Crippen LogP contribution in [0.25, 0.3) is 0 Å². The molecule has 0 N–H and O–H groups in total. The zero-order valence-electron chi connectivity index (χ0n) is 18.9. The minimum Gasteiger partial charge on any atom is -0.462 e. The third-order valence-electron chi connectivity index (χ3n) is 6.12. The summed E-state index contributed by atoms with van der Waals surface area (Å²) in [5.41, 5.74) is 0. The van der Waals surface area contributed by atoms with Crippen LogP contribution in [0.1, 0.15) is 135 Å². The van der Waals surface area contributed by atoms with Crippen molar-refractivity contribution in [3.8, 4) is 0 Å². The van der Waals surface area contributed by atoms with Crippen molar-refractivity contribution in [3.05, 3.63) is 12.2 Å². The highest BCUT2D eigenvalue weighted by molar-refractivity contribution is 5.82. The SMILES string of the molecule is CCCCCCCCCCCCCCCCCCCCCC1C=CC(=O)OC1. The average molecular weight is 393 g/mol. The molecule has 0 aromatic rings. The molecule has 0 fully saturated rings. The molecule has 0 aromatic heterocycles. The minimum atomic E-state index is -0.176. The van der Waals surface area contributed by atoms with Crippen LogP contribution in [0.4, 0.5) is 0 Å². The van der Waals surface area contributed by atoms with Crippen LogP contribution >= 0.6 is 0 Å². The number of hydrogen-bond donors (Lipinski definition) is 0. The highest BCUT2D eigenvalue weighted by atomic mass is 16.5. The Morgan fingerprint density at radius 3 is 1.43 bits per heavy atom. The maximum absolute atomic E-state index is 10.9. The van der Waals surface area contributed by atoms with E-state index in [0.717, 1.165) is 0 Å². The Morgan fingerprint density at radius 1 is 0.679 bits per heavy atom. The van der Waals surface area contributed by atoms with Gasteiger partial charge in [0, 0.05) is 12.0 Å². The zero-order chi connectivity index (χ0) is 20.1. The van der Waals surface area contributed by atoms with Gasteiger partial charge in [-0.3, -0.25) is 0 Å². The van der Waals surface area contributed by atoms with Gasteiger partial charge < -0.3 is 4.74 Å². The van der Waals surface area contributed by atoms with E-state index in [2.05, 4.69) is 6.92 Å². The van der Waals surface area contributed by atoms with E-state index in [1.807, 2.05) is 6.08 Å². The fourth-order valence-electron chi connectivity index (χ4n) is 4.17. The highest BCUT2D eigenvalue weighted by Crippen LogP contribution is 2.18. The van der Waals surface area contributed by atoms with Crippen LogP contribution in [0.3, 0.4) is 0 Å². The highest BCUT2D eigenvalue weighted by Gasteiger charge is 2.12. The molecule has 1 unspecified atom stereocenters. The lowest BCUT2D eigenvalue weighted by atomic mass is 9.99.